The quantitative estimate of drug-likeness (QED) is 0.865. The van der Waals surface area contributed by atoms with Crippen LogP contribution in [0.5, 0.6) is 0 Å². The fourth-order valence-corrected chi connectivity index (χ4v) is 3.30. The second-order valence-corrected chi connectivity index (χ2v) is 7.13. The van der Waals surface area contributed by atoms with Crippen LogP contribution in [0.3, 0.4) is 0 Å². The number of anilines is 1. The van der Waals surface area contributed by atoms with Crippen molar-refractivity contribution in [3.05, 3.63) is 57.8 Å². The molecule has 0 unspecified atom stereocenters. The zero-order valence-corrected chi connectivity index (χ0v) is 13.6. The van der Waals surface area contributed by atoms with Gasteiger partial charge in [0.1, 0.15) is 5.82 Å². The number of halogens is 2. The van der Waals surface area contributed by atoms with Crippen molar-refractivity contribution in [2.75, 3.05) is 4.72 Å². The largest absolute Gasteiger partial charge is 0.326 e. The average molecular weight is 373 g/mol. The van der Waals surface area contributed by atoms with Crippen molar-refractivity contribution in [1.29, 1.82) is 0 Å². The Kier molecular flexibility index (Phi) is 4.65. The molecule has 2 aromatic rings. The predicted octanol–water partition coefficient (Wildman–Crippen LogP) is 3.16. The van der Waals surface area contributed by atoms with Crippen LogP contribution in [0.15, 0.2) is 45.8 Å². The maximum atomic E-state index is 13.7. The van der Waals surface area contributed by atoms with Gasteiger partial charge in [-0.2, -0.15) is 0 Å². The monoisotopic (exact) mass is 372 g/mol. The molecule has 2 rings (SSSR count). The van der Waals surface area contributed by atoms with Crippen LogP contribution in [0.4, 0.5) is 10.1 Å². The standard InChI is InChI=1S/C14H14BrFN2O2S/c1-9-6-13(7-10(8-17)14(9)16)21(19,20)18-12-4-2-11(15)3-5-12/h2-7,18H,8,17H2,1H3. The molecule has 0 atom stereocenters. The smallest absolute Gasteiger partial charge is 0.261 e. The molecule has 112 valence electrons. The maximum Gasteiger partial charge on any atom is 0.261 e. The summed E-state index contributed by atoms with van der Waals surface area (Å²) in [6.07, 6.45) is 0. The third-order valence-corrected chi connectivity index (χ3v) is 4.82. The molecule has 0 aliphatic heterocycles. The third kappa shape index (κ3) is 3.61. The predicted molar refractivity (Wildman–Crippen MR) is 84.0 cm³/mol. The molecule has 4 nitrogen and oxygen atoms in total. The van der Waals surface area contributed by atoms with E-state index in [1.54, 1.807) is 24.3 Å². The van der Waals surface area contributed by atoms with Crippen LogP contribution >= 0.6 is 15.9 Å². The maximum absolute atomic E-state index is 13.7. The number of nitrogens with two attached hydrogens (primary N) is 1. The van der Waals surface area contributed by atoms with E-state index in [0.29, 0.717) is 5.69 Å². The second kappa shape index (κ2) is 6.13. The summed E-state index contributed by atoms with van der Waals surface area (Å²) < 4.78 is 41.7. The number of hydrogen-bond donors (Lipinski definition) is 2. The van der Waals surface area contributed by atoms with Crippen molar-refractivity contribution in [3.63, 3.8) is 0 Å². The summed E-state index contributed by atoms with van der Waals surface area (Å²) >= 11 is 3.27. The van der Waals surface area contributed by atoms with Crippen LogP contribution in [0.1, 0.15) is 11.1 Å². The van der Waals surface area contributed by atoms with E-state index < -0.39 is 15.8 Å². The Labute approximate surface area is 131 Å². The Balaban J connectivity index is 2.40. The summed E-state index contributed by atoms with van der Waals surface area (Å²) in [6.45, 7) is 1.45. The molecule has 0 aliphatic carbocycles. The molecule has 0 aromatic heterocycles. The van der Waals surface area contributed by atoms with Gasteiger partial charge >= 0.3 is 0 Å². The van der Waals surface area contributed by atoms with Gasteiger partial charge in [-0.15, -0.1) is 0 Å². The highest BCUT2D eigenvalue weighted by Crippen LogP contribution is 2.22. The van der Waals surface area contributed by atoms with Crippen LogP contribution in [-0.4, -0.2) is 8.42 Å². The topological polar surface area (TPSA) is 72.2 Å². The summed E-state index contributed by atoms with van der Waals surface area (Å²) in [4.78, 5) is -0.00947. The normalized spacial score (nSPS) is 11.4. The van der Waals surface area contributed by atoms with Crippen LogP contribution in [0.2, 0.25) is 0 Å². The molecular formula is C14H14BrFN2O2S. The molecule has 3 N–H and O–H groups in total. The lowest BCUT2D eigenvalue weighted by Crippen LogP contribution is -2.14. The van der Waals surface area contributed by atoms with Gasteiger partial charge in [0.25, 0.3) is 10.0 Å². The van der Waals surface area contributed by atoms with Crippen LogP contribution in [0.25, 0.3) is 0 Å². The summed E-state index contributed by atoms with van der Waals surface area (Å²) in [5.74, 6) is -0.472. The summed E-state index contributed by atoms with van der Waals surface area (Å²) in [6, 6.07) is 9.24. The molecule has 0 radical (unpaired) electrons. The van der Waals surface area contributed by atoms with Crippen LogP contribution in [0, 0.1) is 12.7 Å². The third-order valence-electron chi connectivity index (χ3n) is 2.93. The summed E-state index contributed by atoms with van der Waals surface area (Å²) in [5, 5.41) is 0. The molecule has 0 heterocycles. The minimum atomic E-state index is -3.79. The minimum Gasteiger partial charge on any atom is -0.326 e. The molecule has 21 heavy (non-hydrogen) atoms. The van der Waals surface area contributed by atoms with Gasteiger partial charge in [0.2, 0.25) is 0 Å². The Morgan fingerprint density at radius 2 is 1.86 bits per heavy atom. The van der Waals surface area contributed by atoms with Gasteiger partial charge in [0.05, 0.1) is 4.90 Å². The van der Waals surface area contributed by atoms with E-state index in [-0.39, 0.29) is 22.6 Å². The number of aryl methyl sites for hydroxylation is 1. The zero-order chi connectivity index (χ0) is 15.6. The van der Waals surface area contributed by atoms with E-state index >= 15 is 0 Å². The first-order valence-electron chi connectivity index (χ1n) is 6.11. The SMILES string of the molecule is Cc1cc(S(=O)(=O)Nc2ccc(Br)cc2)cc(CN)c1F. The lowest BCUT2D eigenvalue weighted by atomic mass is 10.1. The van der Waals surface area contributed by atoms with Gasteiger partial charge in [-0.3, -0.25) is 4.72 Å². The van der Waals surface area contributed by atoms with Gasteiger partial charge in [-0.25, -0.2) is 12.8 Å². The molecule has 2 aromatic carbocycles. The van der Waals surface area contributed by atoms with Crippen LogP contribution < -0.4 is 10.5 Å². The van der Waals surface area contributed by atoms with E-state index in [0.717, 1.165) is 4.47 Å². The van der Waals surface area contributed by atoms with Crippen molar-refractivity contribution in [1.82, 2.24) is 0 Å². The first kappa shape index (κ1) is 15.9. The summed E-state index contributed by atoms with van der Waals surface area (Å²) in [5.41, 5.74) is 6.28. The number of hydrogen-bond acceptors (Lipinski definition) is 3. The summed E-state index contributed by atoms with van der Waals surface area (Å²) in [7, 11) is -3.79. The van der Waals surface area contributed by atoms with E-state index in [1.807, 2.05) is 0 Å². The molecule has 0 fully saturated rings. The highest BCUT2D eigenvalue weighted by atomic mass is 79.9. The molecule has 0 aliphatic rings. The Bertz CT molecular complexity index is 761. The lowest BCUT2D eigenvalue weighted by molar-refractivity contribution is 0.592. The van der Waals surface area contributed by atoms with Gasteiger partial charge in [-0.1, -0.05) is 15.9 Å². The molecule has 0 saturated carbocycles. The lowest BCUT2D eigenvalue weighted by Gasteiger charge is -2.11. The number of sulfonamides is 1. The molecule has 7 heteroatoms. The fraction of sp³-hybridized carbons (Fsp3) is 0.143. The van der Waals surface area contributed by atoms with Gasteiger partial charge in [0, 0.05) is 22.3 Å². The Morgan fingerprint density at radius 1 is 1.24 bits per heavy atom. The van der Waals surface area contributed by atoms with Crippen molar-refractivity contribution in [2.45, 2.75) is 18.4 Å². The average Bonchev–Trinajstić information content (AvgIpc) is 2.44. The van der Waals surface area contributed by atoms with Crippen molar-refractivity contribution in [2.24, 2.45) is 5.73 Å². The number of nitrogens with one attached hydrogen (secondary N) is 1. The number of benzene rings is 2. The highest BCUT2D eigenvalue weighted by Gasteiger charge is 2.18. The fourth-order valence-electron chi connectivity index (χ4n) is 1.84. The van der Waals surface area contributed by atoms with Crippen molar-refractivity contribution < 1.29 is 12.8 Å². The van der Waals surface area contributed by atoms with E-state index in [1.165, 1.54) is 19.1 Å². The first-order chi connectivity index (χ1) is 9.83. The highest BCUT2D eigenvalue weighted by molar-refractivity contribution is 9.10. The number of rotatable bonds is 4. The van der Waals surface area contributed by atoms with Crippen molar-refractivity contribution in [3.8, 4) is 0 Å². The van der Waals surface area contributed by atoms with Crippen LogP contribution in [-0.2, 0) is 16.6 Å². The molecule has 0 bridgehead atoms. The Morgan fingerprint density at radius 3 is 2.43 bits per heavy atom. The van der Waals surface area contributed by atoms with Gasteiger partial charge in [-0.05, 0) is 48.9 Å². The van der Waals surface area contributed by atoms with E-state index in [4.69, 9.17) is 5.73 Å². The molecule has 0 saturated heterocycles. The van der Waals surface area contributed by atoms with Gasteiger partial charge in [0.15, 0.2) is 0 Å². The van der Waals surface area contributed by atoms with E-state index in [9.17, 15) is 12.8 Å². The minimum absolute atomic E-state index is 0.00947. The molecule has 0 amide bonds. The Hall–Kier alpha value is -1.44. The molecule has 0 spiro atoms. The molecular weight excluding hydrogens is 359 g/mol. The second-order valence-electron chi connectivity index (χ2n) is 4.53. The zero-order valence-electron chi connectivity index (χ0n) is 11.2. The van der Waals surface area contributed by atoms with Crippen molar-refractivity contribution >= 4 is 31.6 Å². The van der Waals surface area contributed by atoms with E-state index in [2.05, 4.69) is 20.7 Å². The van der Waals surface area contributed by atoms with Gasteiger partial charge < -0.3 is 5.73 Å². The first-order valence-corrected chi connectivity index (χ1v) is 8.38.